The molecule has 4 heterocycles. The van der Waals surface area contributed by atoms with Crippen LogP contribution in [0.25, 0.3) is 11.4 Å². The van der Waals surface area contributed by atoms with Gasteiger partial charge in [-0.05, 0) is 38.0 Å². The zero-order chi connectivity index (χ0) is 24.8. The molecule has 1 amide bonds. The second-order valence-electron chi connectivity index (χ2n) is 7.80. The number of nitrogens with zero attached hydrogens (tertiary/aromatic N) is 4. The summed E-state index contributed by atoms with van der Waals surface area (Å²) in [6, 6.07) is 3.20. The predicted octanol–water partition coefficient (Wildman–Crippen LogP) is 3.54. The van der Waals surface area contributed by atoms with Crippen LogP contribution in [0.3, 0.4) is 0 Å². The molecule has 1 aliphatic heterocycles. The molecule has 12 heteroatoms. The van der Waals surface area contributed by atoms with Gasteiger partial charge in [0, 0.05) is 42.9 Å². The van der Waals surface area contributed by atoms with E-state index in [0.29, 0.717) is 35.4 Å². The van der Waals surface area contributed by atoms with Gasteiger partial charge in [0.1, 0.15) is 11.8 Å². The fourth-order valence-electron chi connectivity index (χ4n) is 3.55. The number of nitrogens with one attached hydrogen (secondary N) is 2. The number of hydrogen-bond donors (Lipinski definition) is 2. The van der Waals surface area contributed by atoms with Crippen molar-refractivity contribution >= 4 is 5.91 Å². The van der Waals surface area contributed by atoms with Crippen LogP contribution in [0.2, 0.25) is 0 Å². The van der Waals surface area contributed by atoms with Crippen molar-refractivity contribution in [3.63, 3.8) is 0 Å². The van der Waals surface area contributed by atoms with Crippen LogP contribution in [-0.2, 0) is 0 Å². The minimum absolute atomic E-state index is 0.0363. The highest BCUT2D eigenvalue weighted by molar-refractivity contribution is 5.93. The molecule has 9 nitrogen and oxygen atoms in total. The number of alkyl halides is 3. The van der Waals surface area contributed by atoms with E-state index in [0.717, 1.165) is 0 Å². The average Bonchev–Trinajstić information content (AvgIpc) is 2.85. The molecule has 3 aromatic heterocycles. The zero-order valence-corrected chi connectivity index (χ0v) is 18.7. The molecule has 0 aromatic carbocycles. The second kappa shape index (κ2) is 10.6. The highest BCUT2D eigenvalue weighted by Crippen LogP contribution is 2.30. The number of aromatic nitrogens is 4. The van der Waals surface area contributed by atoms with E-state index in [1.165, 1.54) is 18.6 Å². The first kappa shape index (κ1) is 24.3. The fraction of sp³-hybridized carbons (Fsp3) is 0.348. The van der Waals surface area contributed by atoms with E-state index in [1.54, 1.807) is 30.6 Å². The van der Waals surface area contributed by atoms with Crippen LogP contribution in [0, 0.1) is 0 Å². The van der Waals surface area contributed by atoms with E-state index in [4.69, 9.17) is 9.47 Å². The highest BCUT2D eigenvalue weighted by Gasteiger charge is 2.41. The Morgan fingerprint density at radius 1 is 1.17 bits per heavy atom. The second-order valence-corrected chi connectivity index (χ2v) is 7.80. The lowest BCUT2D eigenvalue weighted by Gasteiger charge is -2.31. The molecule has 1 aliphatic rings. The summed E-state index contributed by atoms with van der Waals surface area (Å²) < 4.78 is 49.6. The van der Waals surface area contributed by atoms with Gasteiger partial charge in [0.2, 0.25) is 0 Å². The smallest absolute Gasteiger partial charge is 0.403 e. The molecule has 184 valence electrons. The number of rotatable bonds is 7. The van der Waals surface area contributed by atoms with Gasteiger partial charge < -0.3 is 20.1 Å². The van der Waals surface area contributed by atoms with Crippen molar-refractivity contribution in [1.82, 2.24) is 30.6 Å². The summed E-state index contributed by atoms with van der Waals surface area (Å²) >= 11 is 0. The van der Waals surface area contributed by atoms with Gasteiger partial charge in [-0.2, -0.15) is 13.2 Å². The molecule has 0 unspecified atom stereocenters. The highest BCUT2D eigenvalue weighted by atomic mass is 19.4. The minimum atomic E-state index is -4.29. The Bertz CT molecular complexity index is 1150. The molecule has 0 saturated carbocycles. The van der Waals surface area contributed by atoms with Gasteiger partial charge in [-0.3, -0.25) is 9.78 Å². The number of halogens is 3. The lowest BCUT2D eigenvalue weighted by molar-refractivity contribution is -0.160. The molecule has 0 bridgehead atoms. The number of piperidine rings is 1. The van der Waals surface area contributed by atoms with E-state index in [1.807, 2.05) is 6.92 Å². The third-order valence-electron chi connectivity index (χ3n) is 5.28. The van der Waals surface area contributed by atoms with E-state index in [2.05, 4.69) is 30.6 Å². The van der Waals surface area contributed by atoms with Crippen LogP contribution >= 0.6 is 0 Å². The van der Waals surface area contributed by atoms with Gasteiger partial charge in [0.05, 0.1) is 18.4 Å². The monoisotopic (exact) mass is 488 g/mol. The number of pyridine rings is 2. The summed E-state index contributed by atoms with van der Waals surface area (Å²) in [6.07, 6.45) is 3.18. The summed E-state index contributed by atoms with van der Waals surface area (Å²) in [4.78, 5) is 29.3. The molecule has 0 spiro atoms. The van der Waals surface area contributed by atoms with Crippen LogP contribution < -0.4 is 20.1 Å². The Labute approximate surface area is 199 Å². The van der Waals surface area contributed by atoms with Crippen LogP contribution in [-0.4, -0.2) is 57.3 Å². The van der Waals surface area contributed by atoms with Crippen molar-refractivity contribution in [2.24, 2.45) is 0 Å². The average molecular weight is 488 g/mol. The first-order valence-electron chi connectivity index (χ1n) is 11.0. The summed E-state index contributed by atoms with van der Waals surface area (Å²) in [5, 5.41) is 5.15. The van der Waals surface area contributed by atoms with Crippen molar-refractivity contribution in [1.29, 1.82) is 0 Å². The number of carbonyl (C=O) groups is 1. The van der Waals surface area contributed by atoms with Crippen molar-refractivity contribution in [2.45, 2.75) is 38.0 Å². The van der Waals surface area contributed by atoms with E-state index in [-0.39, 0.29) is 24.9 Å². The Hall–Kier alpha value is -3.80. The first-order chi connectivity index (χ1) is 16.8. The Kier molecular flexibility index (Phi) is 7.39. The SMILES string of the molecule is CCOc1cccnc1Oc1cncc(-c2ncc(C(=O)N[C@@H]3CC[C@H](C(F)(F)F)NC3)cn2)c1. The van der Waals surface area contributed by atoms with E-state index >= 15 is 0 Å². The number of hydrogen-bond acceptors (Lipinski definition) is 8. The van der Waals surface area contributed by atoms with E-state index < -0.39 is 24.2 Å². The lowest BCUT2D eigenvalue weighted by Crippen LogP contribution is -2.54. The molecule has 2 N–H and O–H groups in total. The molecule has 1 fully saturated rings. The van der Waals surface area contributed by atoms with Gasteiger partial charge in [-0.15, -0.1) is 0 Å². The lowest BCUT2D eigenvalue weighted by atomic mass is 10.00. The molecule has 1 saturated heterocycles. The normalized spacial score (nSPS) is 18.1. The molecule has 35 heavy (non-hydrogen) atoms. The molecule has 0 aliphatic carbocycles. The van der Waals surface area contributed by atoms with Gasteiger partial charge >= 0.3 is 6.18 Å². The zero-order valence-electron chi connectivity index (χ0n) is 18.7. The van der Waals surface area contributed by atoms with Gasteiger partial charge in [0.25, 0.3) is 11.8 Å². The molecule has 2 atom stereocenters. The summed E-state index contributed by atoms with van der Waals surface area (Å²) in [5.41, 5.74) is 0.750. The minimum Gasteiger partial charge on any atom is -0.488 e. The molecular formula is C23H23F3N6O3. The van der Waals surface area contributed by atoms with Crippen molar-refractivity contribution in [2.75, 3.05) is 13.2 Å². The van der Waals surface area contributed by atoms with Crippen LogP contribution in [0.15, 0.2) is 49.2 Å². The summed E-state index contributed by atoms with van der Waals surface area (Å²) in [5.74, 6) is 1.05. The van der Waals surface area contributed by atoms with Gasteiger partial charge in [-0.1, -0.05) is 0 Å². The van der Waals surface area contributed by atoms with E-state index in [9.17, 15) is 18.0 Å². The number of ether oxygens (including phenoxy) is 2. The first-order valence-corrected chi connectivity index (χ1v) is 11.0. The summed E-state index contributed by atoms with van der Waals surface area (Å²) in [6.45, 7) is 2.35. The maximum Gasteiger partial charge on any atom is 0.403 e. The number of amides is 1. The third kappa shape index (κ3) is 6.21. The van der Waals surface area contributed by atoms with Crippen molar-refractivity contribution in [3.8, 4) is 28.8 Å². The maximum absolute atomic E-state index is 12.8. The summed E-state index contributed by atoms with van der Waals surface area (Å²) in [7, 11) is 0. The van der Waals surface area contributed by atoms with Crippen LogP contribution in [0.5, 0.6) is 17.4 Å². The largest absolute Gasteiger partial charge is 0.488 e. The molecule has 3 aromatic rings. The standard InChI is InChI=1S/C23H23F3N6O3/c1-2-34-18-4-3-7-28-22(18)35-17-8-14(9-27-13-17)20-30-10-15(11-31-20)21(33)32-16-5-6-19(29-12-16)23(24,25)26/h3-4,7-11,13,16,19,29H,2,5-6,12H2,1H3,(H,32,33)/t16-,19-/m1/s1. The number of carbonyl (C=O) groups excluding carboxylic acids is 1. The van der Waals surface area contributed by atoms with Crippen LogP contribution in [0.1, 0.15) is 30.1 Å². The molecule has 0 radical (unpaired) electrons. The predicted molar refractivity (Wildman–Crippen MR) is 119 cm³/mol. The fourth-order valence-corrected chi connectivity index (χ4v) is 3.55. The Morgan fingerprint density at radius 3 is 2.66 bits per heavy atom. The van der Waals surface area contributed by atoms with Crippen molar-refractivity contribution in [3.05, 3.63) is 54.7 Å². The molecule has 4 rings (SSSR count). The Morgan fingerprint density at radius 2 is 1.97 bits per heavy atom. The Balaban J connectivity index is 1.39. The maximum atomic E-state index is 12.8. The quantitative estimate of drug-likeness (QED) is 0.520. The third-order valence-corrected chi connectivity index (χ3v) is 5.28. The van der Waals surface area contributed by atoms with Crippen LogP contribution in [0.4, 0.5) is 13.2 Å². The van der Waals surface area contributed by atoms with Gasteiger partial charge in [0.15, 0.2) is 11.6 Å². The molecular weight excluding hydrogens is 465 g/mol. The van der Waals surface area contributed by atoms with Gasteiger partial charge in [-0.25, -0.2) is 15.0 Å². The van der Waals surface area contributed by atoms with Crippen molar-refractivity contribution < 1.29 is 27.4 Å². The topological polar surface area (TPSA) is 111 Å².